The van der Waals surface area contributed by atoms with Crippen molar-refractivity contribution in [3.8, 4) is 0 Å². The molecule has 1 aromatic heterocycles. The summed E-state index contributed by atoms with van der Waals surface area (Å²) in [4.78, 5) is 42.0. The number of halogens is 2. The van der Waals surface area contributed by atoms with Gasteiger partial charge in [-0.25, -0.2) is 4.79 Å². The zero-order valence-corrected chi connectivity index (χ0v) is 21.5. The second-order valence-electron chi connectivity index (χ2n) is 8.81. The molecule has 1 saturated heterocycles. The van der Waals surface area contributed by atoms with Crippen molar-refractivity contribution >= 4 is 46.5 Å². The molecule has 190 valence electrons. The Morgan fingerprint density at radius 2 is 1.78 bits per heavy atom. The van der Waals surface area contributed by atoms with E-state index >= 15 is 0 Å². The number of aromatic nitrogens is 1. The number of anilines is 1. The number of carbonyl (C=O) groups is 3. The molecule has 8 nitrogen and oxygen atoms in total. The standard InChI is InChI=1S/C26H27Cl2N3O5/c1-3-36-25(34)20(31-22-15(2)23(32)26(22)8-10-35-11-9-26)12-16-4-6-17(7-5-16)30-24(33)21-18(27)13-29-14-19(21)28/h4-7,13-14,20,31H,3,8-12H2,1-2H3,(H,30,33)/t20-/m0/s1. The summed E-state index contributed by atoms with van der Waals surface area (Å²) in [5, 5.41) is 6.40. The number of nitrogens with zero attached hydrogens (tertiary/aromatic N) is 1. The van der Waals surface area contributed by atoms with Crippen molar-refractivity contribution < 1.29 is 23.9 Å². The summed E-state index contributed by atoms with van der Waals surface area (Å²) >= 11 is 12.1. The minimum absolute atomic E-state index is 0.116. The van der Waals surface area contributed by atoms with Gasteiger partial charge >= 0.3 is 5.97 Å². The Hall–Kier alpha value is -2.94. The number of carbonyl (C=O) groups excluding carboxylic acids is 3. The molecule has 0 bridgehead atoms. The van der Waals surface area contributed by atoms with Crippen molar-refractivity contribution in [1.82, 2.24) is 10.3 Å². The average molecular weight is 532 g/mol. The van der Waals surface area contributed by atoms with Gasteiger partial charge in [-0.2, -0.15) is 0 Å². The van der Waals surface area contributed by atoms with E-state index in [4.69, 9.17) is 32.7 Å². The topological polar surface area (TPSA) is 107 Å². The molecule has 4 rings (SSSR count). The lowest BCUT2D eigenvalue weighted by Gasteiger charge is -2.46. The highest BCUT2D eigenvalue weighted by Gasteiger charge is 2.53. The van der Waals surface area contributed by atoms with Crippen LogP contribution in [0.3, 0.4) is 0 Å². The molecule has 1 spiro atoms. The molecule has 10 heteroatoms. The number of ether oxygens (including phenoxy) is 2. The molecule has 1 fully saturated rings. The van der Waals surface area contributed by atoms with Gasteiger partial charge in [-0.15, -0.1) is 0 Å². The molecule has 0 saturated carbocycles. The molecule has 2 heterocycles. The second-order valence-corrected chi connectivity index (χ2v) is 9.62. The number of Topliss-reactive ketones (excluding diaryl/α,β-unsaturated/α-hetero) is 1. The molecule has 1 amide bonds. The number of amides is 1. The number of benzene rings is 1. The van der Waals surface area contributed by atoms with Crippen LogP contribution in [0.4, 0.5) is 5.69 Å². The van der Waals surface area contributed by atoms with Gasteiger partial charge in [0, 0.05) is 49.0 Å². The van der Waals surface area contributed by atoms with Crippen LogP contribution >= 0.6 is 23.2 Å². The average Bonchev–Trinajstić information content (AvgIpc) is 2.87. The lowest BCUT2D eigenvalue weighted by atomic mass is 9.62. The van der Waals surface area contributed by atoms with Crippen LogP contribution in [0.1, 0.15) is 42.6 Å². The van der Waals surface area contributed by atoms with Crippen LogP contribution in [-0.4, -0.2) is 48.5 Å². The van der Waals surface area contributed by atoms with E-state index in [1.54, 1.807) is 26.0 Å². The molecule has 2 N–H and O–H groups in total. The first-order chi connectivity index (χ1) is 17.3. The largest absolute Gasteiger partial charge is 0.464 e. The van der Waals surface area contributed by atoms with E-state index in [2.05, 4.69) is 15.6 Å². The monoisotopic (exact) mass is 531 g/mol. The van der Waals surface area contributed by atoms with Crippen molar-refractivity contribution in [2.75, 3.05) is 25.1 Å². The lowest BCUT2D eigenvalue weighted by molar-refractivity contribution is -0.146. The number of ketones is 1. The highest BCUT2D eigenvalue weighted by molar-refractivity contribution is 6.40. The summed E-state index contributed by atoms with van der Waals surface area (Å²) < 4.78 is 10.8. The maximum atomic E-state index is 12.8. The Kier molecular flexibility index (Phi) is 7.97. The fourth-order valence-electron chi connectivity index (χ4n) is 4.72. The van der Waals surface area contributed by atoms with E-state index in [1.807, 2.05) is 12.1 Å². The Bertz CT molecular complexity index is 1190. The lowest BCUT2D eigenvalue weighted by Crippen LogP contribution is -2.55. The molecule has 1 aromatic carbocycles. The Labute approximate surface area is 219 Å². The molecule has 0 radical (unpaired) electrons. The molecular formula is C26H27Cl2N3O5. The van der Waals surface area contributed by atoms with Crippen molar-refractivity contribution in [2.45, 2.75) is 39.2 Å². The predicted octanol–water partition coefficient (Wildman–Crippen LogP) is 4.36. The molecule has 1 atom stereocenters. The number of pyridine rings is 1. The first-order valence-corrected chi connectivity index (χ1v) is 12.5. The summed E-state index contributed by atoms with van der Waals surface area (Å²) in [5.74, 6) is -0.728. The number of esters is 1. The number of rotatable bonds is 8. The summed E-state index contributed by atoms with van der Waals surface area (Å²) in [5.41, 5.74) is 2.39. The molecule has 2 aliphatic rings. The predicted molar refractivity (Wildman–Crippen MR) is 136 cm³/mol. The Balaban J connectivity index is 1.48. The fourth-order valence-corrected chi connectivity index (χ4v) is 5.25. The zero-order chi connectivity index (χ0) is 25.9. The number of nitrogens with one attached hydrogen (secondary N) is 2. The van der Waals surface area contributed by atoms with Gasteiger partial charge in [0.1, 0.15) is 6.04 Å². The Morgan fingerprint density at radius 3 is 2.39 bits per heavy atom. The van der Waals surface area contributed by atoms with E-state index in [9.17, 15) is 14.4 Å². The molecule has 1 aliphatic heterocycles. The minimum Gasteiger partial charge on any atom is -0.464 e. The van der Waals surface area contributed by atoms with Crippen LogP contribution in [0.25, 0.3) is 0 Å². The third kappa shape index (κ3) is 5.12. The van der Waals surface area contributed by atoms with Gasteiger partial charge in [0.15, 0.2) is 5.78 Å². The van der Waals surface area contributed by atoms with Gasteiger partial charge in [0.25, 0.3) is 5.91 Å². The molecular weight excluding hydrogens is 505 g/mol. The Morgan fingerprint density at radius 1 is 1.14 bits per heavy atom. The van der Waals surface area contributed by atoms with Gasteiger partial charge in [-0.05, 0) is 44.4 Å². The van der Waals surface area contributed by atoms with Gasteiger partial charge < -0.3 is 20.1 Å². The molecule has 1 aliphatic carbocycles. The van der Waals surface area contributed by atoms with Crippen molar-refractivity contribution in [3.05, 3.63) is 69.1 Å². The highest BCUT2D eigenvalue weighted by Crippen LogP contribution is 2.48. The molecule has 2 aromatic rings. The van der Waals surface area contributed by atoms with E-state index in [1.165, 1.54) is 12.4 Å². The van der Waals surface area contributed by atoms with Gasteiger partial charge in [-0.1, -0.05) is 35.3 Å². The summed E-state index contributed by atoms with van der Waals surface area (Å²) in [6.45, 7) is 4.81. The van der Waals surface area contributed by atoms with E-state index < -0.39 is 23.3 Å². The van der Waals surface area contributed by atoms with Gasteiger partial charge in [-0.3, -0.25) is 14.6 Å². The van der Waals surface area contributed by atoms with Gasteiger partial charge in [0.2, 0.25) is 0 Å². The number of hydrogen-bond acceptors (Lipinski definition) is 7. The summed E-state index contributed by atoms with van der Waals surface area (Å²) in [6.07, 6.45) is 4.24. The minimum atomic E-state index is -0.669. The van der Waals surface area contributed by atoms with Crippen LogP contribution in [0.15, 0.2) is 47.9 Å². The fraction of sp³-hybridized carbons (Fsp3) is 0.385. The quantitative estimate of drug-likeness (QED) is 0.487. The molecule has 0 unspecified atom stereocenters. The number of hydrogen-bond donors (Lipinski definition) is 2. The highest BCUT2D eigenvalue weighted by atomic mass is 35.5. The van der Waals surface area contributed by atoms with Crippen molar-refractivity contribution in [1.29, 1.82) is 0 Å². The third-order valence-electron chi connectivity index (χ3n) is 6.60. The molecule has 36 heavy (non-hydrogen) atoms. The summed E-state index contributed by atoms with van der Waals surface area (Å²) in [7, 11) is 0. The van der Waals surface area contributed by atoms with Crippen LogP contribution in [0.5, 0.6) is 0 Å². The van der Waals surface area contributed by atoms with Crippen molar-refractivity contribution in [3.63, 3.8) is 0 Å². The maximum absolute atomic E-state index is 12.8. The normalized spacial score (nSPS) is 17.4. The summed E-state index contributed by atoms with van der Waals surface area (Å²) in [6, 6.07) is 6.43. The third-order valence-corrected chi connectivity index (χ3v) is 7.17. The van der Waals surface area contributed by atoms with E-state index in [-0.39, 0.29) is 28.0 Å². The SMILES string of the molecule is CCOC(=O)[C@H](Cc1ccc(NC(=O)c2c(Cl)cncc2Cl)cc1)NC1=C(C)C(=O)C12CCOCC2. The first kappa shape index (κ1) is 26.1. The second kappa shape index (κ2) is 11.0. The maximum Gasteiger partial charge on any atom is 0.328 e. The van der Waals surface area contributed by atoms with Crippen LogP contribution in [-0.2, 0) is 25.5 Å². The van der Waals surface area contributed by atoms with E-state index in [0.29, 0.717) is 43.7 Å². The van der Waals surface area contributed by atoms with Gasteiger partial charge in [0.05, 0.1) is 27.6 Å². The van der Waals surface area contributed by atoms with Crippen LogP contribution in [0.2, 0.25) is 10.0 Å². The smallest absolute Gasteiger partial charge is 0.328 e. The van der Waals surface area contributed by atoms with Crippen molar-refractivity contribution in [2.24, 2.45) is 5.41 Å². The number of allylic oxidation sites excluding steroid dienone is 2. The van der Waals surface area contributed by atoms with Crippen LogP contribution < -0.4 is 10.6 Å². The van der Waals surface area contributed by atoms with Crippen LogP contribution in [0, 0.1) is 5.41 Å². The van der Waals surface area contributed by atoms with E-state index in [0.717, 1.165) is 11.3 Å². The zero-order valence-electron chi connectivity index (χ0n) is 20.0. The first-order valence-electron chi connectivity index (χ1n) is 11.7.